The van der Waals surface area contributed by atoms with Crippen molar-refractivity contribution in [2.45, 2.75) is 31.7 Å². The normalized spacial score (nSPS) is 20.5. The van der Waals surface area contributed by atoms with Crippen LogP contribution in [0.4, 0.5) is 0 Å². The molecule has 1 atom stereocenters. The second-order valence-electron chi connectivity index (χ2n) is 7.85. The van der Waals surface area contributed by atoms with E-state index in [4.69, 9.17) is 4.74 Å². The number of nitriles is 1. The molecule has 1 aliphatic carbocycles. The van der Waals surface area contributed by atoms with Crippen molar-refractivity contribution >= 4 is 5.91 Å². The number of amides is 1. The number of carbonyl (C=O) groups is 1. The number of methoxy groups -OCH3 is 1. The van der Waals surface area contributed by atoms with Crippen molar-refractivity contribution < 1.29 is 9.53 Å². The van der Waals surface area contributed by atoms with E-state index in [1.807, 2.05) is 19.1 Å². The summed E-state index contributed by atoms with van der Waals surface area (Å²) >= 11 is 0. The van der Waals surface area contributed by atoms with Gasteiger partial charge in [-0.2, -0.15) is 5.26 Å². The maximum absolute atomic E-state index is 12.3. The van der Waals surface area contributed by atoms with E-state index in [1.54, 1.807) is 7.11 Å². The van der Waals surface area contributed by atoms with Crippen molar-refractivity contribution in [1.82, 2.24) is 15.1 Å². The Morgan fingerprint density at radius 3 is 2.41 bits per heavy atom. The minimum Gasteiger partial charge on any atom is -0.497 e. The van der Waals surface area contributed by atoms with E-state index in [9.17, 15) is 10.1 Å². The van der Waals surface area contributed by atoms with Gasteiger partial charge in [-0.15, -0.1) is 0 Å². The molecule has 146 valence electrons. The fourth-order valence-electron chi connectivity index (χ4n) is 3.66. The van der Waals surface area contributed by atoms with Crippen LogP contribution in [0.2, 0.25) is 0 Å². The number of rotatable bonds is 8. The minimum atomic E-state index is -0.697. The largest absolute Gasteiger partial charge is 0.497 e. The van der Waals surface area contributed by atoms with Crippen molar-refractivity contribution in [3.05, 3.63) is 29.8 Å². The molecule has 1 saturated heterocycles. The summed E-state index contributed by atoms with van der Waals surface area (Å²) < 4.78 is 5.19. The fraction of sp³-hybridized carbons (Fsp3) is 0.619. The van der Waals surface area contributed by atoms with E-state index in [1.165, 1.54) is 5.56 Å². The zero-order valence-electron chi connectivity index (χ0n) is 16.4. The lowest BCUT2D eigenvalue weighted by Crippen LogP contribution is -2.53. The summed E-state index contributed by atoms with van der Waals surface area (Å²) in [5.74, 6) is 1.18. The molecule has 1 saturated carbocycles. The van der Waals surface area contributed by atoms with E-state index in [2.05, 4.69) is 33.3 Å². The summed E-state index contributed by atoms with van der Waals surface area (Å²) in [6, 6.07) is 10.5. The number of benzene rings is 1. The highest BCUT2D eigenvalue weighted by Crippen LogP contribution is 2.39. The number of ether oxygens (including phenoxy) is 1. The monoisotopic (exact) mass is 370 g/mol. The van der Waals surface area contributed by atoms with Crippen LogP contribution in [0.15, 0.2) is 24.3 Å². The molecular formula is C21H30N4O2. The minimum absolute atomic E-state index is 0.0300. The van der Waals surface area contributed by atoms with Crippen molar-refractivity contribution in [3.8, 4) is 11.8 Å². The molecule has 1 N–H and O–H groups in total. The van der Waals surface area contributed by atoms with E-state index in [0.717, 1.165) is 57.7 Å². The molecule has 0 aromatic heterocycles. The van der Waals surface area contributed by atoms with Crippen molar-refractivity contribution in [3.63, 3.8) is 0 Å². The molecule has 1 aromatic carbocycles. The first-order valence-corrected chi connectivity index (χ1v) is 9.82. The Kier molecular flexibility index (Phi) is 6.35. The Morgan fingerprint density at radius 2 is 1.85 bits per heavy atom. The summed E-state index contributed by atoms with van der Waals surface area (Å²) in [7, 11) is 1.68. The smallest absolute Gasteiger partial charge is 0.235 e. The van der Waals surface area contributed by atoms with Gasteiger partial charge in [0, 0.05) is 32.7 Å². The highest BCUT2D eigenvalue weighted by atomic mass is 16.5. The average molecular weight is 370 g/mol. The second kappa shape index (κ2) is 8.73. The molecule has 2 aliphatic rings. The van der Waals surface area contributed by atoms with Gasteiger partial charge in [-0.3, -0.25) is 9.69 Å². The van der Waals surface area contributed by atoms with Gasteiger partial charge in [0.2, 0.25) is 5.91 Å². The molecule has 27 heavy (non-hydrogen) atoms. The fourth-order valence-corrected chi connectivity index (χ4v) is 3.66. The summed E-state index contributed by atoms with van der Waals surface area (Å²) in [6.07, 6.45) is 3.10. The highest BCUT2D eigenvalue weighted by molar-refractivity contribution is 5.79. The van der Waals surface area contributed by atoms with Gasteiger partial charge in [0.15, 0.2) is 0 Å². The SMILES string of the molecule is COc1ccc(CCN2CCN(CC(=O)N[C@@](C)(C#N)C3CC3)CC2)cc1. The number of hydrogen-bond donors (Lipinski definition) is 1. The number of nitrogens with zero attached hydrogens (tertiary/aromatic N) is 3. The molecule has 0 spiro atoms. The van der Waals surface area contributed by atoms with Gasteiger partial charge < -0.3 is 15.0 Å². The van der Waals surface area contributed by atoms with Crippen LogP contribution in [0.1, 0.15) is 25.3 Å². The highest BCUT2D eigenvalue weighted by Gasteiger charge is 2.43. The first-order valence-electron chi connectivity index (χ1n) is 9.82. The molecule has 6 heteroatoms. The molecule has 1 heterocycles. The van der Waals surface area contributed by atoms with Crippen molar-refractivity contribution in [2.75, 3.05) is 46.4 Å². The molecule has 0 unspecified atom stereocenters. The molecule has 1 aliphatic heterocycles. The van der Waals surface area contributed by atoms with Gasteiger partial charge in [0.05, 0.1) is 19.7 Å². The first kappa shape index (κ1) is 19.7. The molecule has 0 bridgehead atoms. The van der Waals surface area contributed by atoms with Gasteiger partial charge in [-0.05, 0) is 49.8 Å². The van der Waals surface area contributed by atoms with Gasteiger partial charge in [-0.1, -0.05) is 12.1 Å². The summed E-state index contributed by atoms with van der Waals surface area (Å²) in [5, 5.41) is 12.3. The number of piperazine rings is 1. The van der Waals surface area contributed by atoms with Crippen molar-refractivity contribution in [1.29, 1.82) is 5.26 Å². The molecule has 3 rings (SSSR count). The third kappa shape index (κ3) is 5.44. The van der Waals surface area contributed by atoms with E-state index in [-0.39, 0.29) is 5.91 Å². The summed E-state index contributed by atoms with van der Waals surface area (Å²) in [6.45, 7) is 6.99. The van der Waals surface area contributed by atoms with Gasteiger partial charge in [-0.25, -0.2) is 0 Å². The Labute approximate surface area is 162 Å². The Bertz CT molecular complexity index is 672. The molecule has 1 amide bonds. The predicted octanol–water partition coefficient (Wildman–Crippen LogP) is 1.66. The summed E-state index contributed by atoms with van der Waals surface area (Å²) in [5.41, 5.74) is 0.616. The number of hydrogen-bond acceptors (Lipinski definition) is 5. The van der Waals surface area contributed by atoms with E-state index >= 15 is 0 Å². The molecular weight excluding hydrogens is 340 g/mol. The van der Waals surface area contributed by atoms with E-state index < -0.39 is 5.54 Å². The van der Waals surface area contributed by atoms with Crippen LogP contribution in [0.3, 0.4) is 0 Å². The average Bonchev–Trinajstić information content (AvgIpc) is 3.53. The number of carbonyl (C=O) groups excluding carboxylic acids is 1. The van der Waals surface area contributed by atoms with Crippen LogP contribution in [-0.2, 0) is 11.2 Å². The second-order valence-corrected chi connectivity index (χ2v) is 7.85. The number of nitrogens with one attached hydrogen (secondary N) is 1. The zero-order chi connectivity index (χ0) is 19.3. The predicted molar refractivity (Wildman–Crippen MR) is 104 cm³/mol. The molecule has 0 radical (unpaired) electrons. The van der Waals surface area contributed by atoms with Gasteiger partial charge in [0.1, 0.15) is 11.3 Å². The van der Waals surface area contributed by atoms with Gasteiger partial charge in [0.25, 0.3) is 0 Å². The lowest BCUT2D eigenvalue weighted by atomic mass is 9.98. The lowest BCUT2D eigenvalue weighted by molar-refractivity contribution is -0.124. The van der Waals surface area contributed by atoms with E-state index in [0.29, 0.717) is 12.5 Å². The van der Waals surface area contributed by atoms with Crippen LogP contribution < -0.4 is 10.1 Å². The molecule has 2 fully saturated rings. The third-order valence-corrected chi connectivity index (χ3v) is 5.73. The standard InChI is InChI=1S/C21H30N4O2/c1-21(16-22,18-5-6-18)23-20(26)15-25-13-11-24(12-14-25)10-9-17-3-7-19(27-2)8-4-17/h3-4,7-8,18H,5-6,9-15H2,1-2H3,(H,23,26)/t21-/m0/s1. The van der Waals surface area contributed by atoms with Crippen molar-refractivity contribution in [2.24, 2.45) is 5.92 Å². The molecule has 6 nitrogen and oxygen atoms in total. The maximum atomic E-state index is 12.3. The Morgan fingerprint density at radius 1 is 1.22 bits per heavy atom. The van der Waals surface area contributed by atoms with Crippen LogP contribution in [0.25, 0.3) is 0 Å². The van der Waals surface area contributed by atoms with Crippen LogP contribution in [-0.4, -0.2) is 67.6 Å². The maximum Gasteiger partial charge on any atom is 0.235 e. The zero-order valence-corrected chi connectivity index (χ0v) is 16.4. The van der Waals surface area contributed by atoms with Crippen LogP contribution in [0, 0.1) is 17.2 Å². The Hall–Kier alpha value is -2.10. The molecule has 1 aromatic rings. The quantitative estimate of drug-likeness (QED) is 0.754. The van der Waals surface area contributed by atoms with Gasteiger partial charge >= 0.3 is 0 Å². The van der Waals surface area contributed by atoms with Crippen LogP contribution >= 0.6 is 0 Å². The lowest BCUT2D eigenvalue weighted by Gasteiger charge is -2.35. The summed E-state index contributed by atoms with van der Waals surface area (Å²) in [4.78, 5) is 17.0. The van der Waals surface area contributed by atoms with Crippen LogP contribution in [0.5, 0.6) is 5.75 Å². The third-order valence-electron chi connectivity index (χ3n) is 5.73. The topological polar surface area (TPSA) is 68.6 Å². The Balaban J connectivity index is 1.37. The first-order chi connectivity index (χ1) is 13.0.